The molecular weight excluding hydrogens is 1510 g/mol. The summed E-state index contributed by atoms with van der Waals surface area (Å²) in [5.74, 6) is -1.01. The van der Waals surface area contributed by atoms with E-state index in [1.54, 1.807) is 0 Å². The zero-order valence-corrected chi connectivity index (χ0v) is 58.0. The van der Waals surface area contributed by atoms with Gasteiger partial charge in [0.25, 0.3) is 11.9 Å². The Labute approximate surface area is 559 Å². The number of aliphatic hydroxyl groups excluding tert-OH is 3. The normalized spacial score (nSPS) is 23.4. The lowest BCUT2D eigenvalue weighted by molar-refractivity contribution is -0.135. The second kappa shape index (κ2) is 41.3. The number of ether oxygens (including phenoxy) is 3. The van der Waals surface area contributed by atoms with Gasteiger partial charge in [-0.1, -0.05) is 0 Å². The molecule has 6 aromatic heterocycles. The van der Waals surface area contributed by atoms with Gasteiger partial charge in [0.05, 0.1) is 19.0 Å². The highest BCUT2D eigenvalue weighted by Crippen LogP contribution is 2.62. The van der Waals surface area contributed by atoms with Crippen LogP contribution in [0.3, 0.4) is 0 Å². The minimum Gasteiger partial charge on any atom is -0.481 e. The van der Waals surface area contributed by atoms with Crippen molar-refractivity contribution in [1.82, 2.24) is 58.6 Å². The molecule has 22 N–H and O–H groups in total. The first-order valence-corrected chi connectivity index (χ1v) is 36.3. The van der Waals surface area contributed by atoms with Crippen molar-refractivity contribution in [2.75, 3.05) is 37.0 Å². The molecule has 0 saturated carbocycles. The maximum atomic E-state index is 14.6. The molecule has 0 radical (unpaired) electrons. The number of halogens is 3. The molecule has 0 bridgehead atoms. The predicted octanol–water partition coefficient (Wildman–Crippen LogP) is -0.567. The fourth-order valence-corrected chi connectivity index (χ4v) is 13.3. The van der Waals surface area contributed by atoms with Crippen LogP contribution in [0.25, 0.3) is 33.5 Å². The first-order valence-electron chi connectivity index (χ1n) is 25.1. The number of phosphoric acid groups is 3. The van der Waals surface area contributed by atoms with Crippen molar-refractivity contribution in [1.29, 1.82) is 0 Å². The molecule has 0 amide bonds. The number of thiol groups is 1. The number of aromatic nitrogens is 12. The van der Waals surface area contributed by atoms with Crippen LogP contribution in [0.1, 0.15) is 60.2 Å². The average molecular weight is 1580 g/mol. The smallest absolute Gasteiger partial charge is 0.481 e. The molecule has 0 aromatic carbocycles. The molecule has 6 aromatic rings. The molecule has 3 aliphatic heterocycles. The van der Waals surface area contributed by atoms with Crippen LogP contribution in [0.5, 0.6) is 0 Å². The Hall–Kier alpha value is -5.50. The summed E-state index contributed by atoms with van der Waals surface area (Å²) in [6, 6.07) is 0. The fraction of sp³-hybridized carbons (Fsp3) is 0.525. The highest BCUT2D eigenvalue weighted by atomic mass is 32.7. The number of carboxylic acid groups (broad SMARTS) is 2. The standard InChI is InChI=1S/C10H13FN5O10P3S.C10H12FN5O7P2S.C10H11FN5O4PS.2C3H6O.2C2H4O2.3H2O/c11-5-7(17)4(1-23-27(30)25-29(21,22)26-28(18,19)20)24-10(5)16-3-15-6-8(12)13-2-14-9(6)16;11-5-7(17)4(1-21-24(26)23-25(18,19)20)22-10(5)16-3-15-6-8(12)13-2-14-9(6)16;11-5-7(17)4(1-19-21(18)22)20-10(5)16-3-15-6-8(12)13-2-14-9(6)16;2*1-3(2)4;2*1-2(3)4;;;/h2-5,7,10,17H,1H2,(H4-,12,13,14,18,19,20,21,22);2-5,7,10,17H,1H2,(H3-,12,13,14,18,19,20);2-5,7,10,17H,1H2,(H2-,12,13,14,18,22);2*1-2H3;2*1H3,(H,3,4);3*1H2/p+3/t3*4-,5+,7?,10-;;;;;;;/m111......./s1. The summed E-state index contributed by atoms with van der Waals surface area (Å²) in [7, 11) is -22.5. The summed E-state index contributed by atoms with van der Waals surface area (Å²) in [4.78, 5) is 116. The van der Waals surface area contributed by atoms with Gasteiger partial charge < -0.3 is 103 Å². The number of nitrogen functional groups attached to an aromatic ring is 3. The van der Waals surface area contributed by atoms with Crippen LogP contribution in [0, 0.1) is 0 Å². The minimum absolute atomic E-state index is 0. The van der Waals surface area contributed by atoms with Gasteiger partial charge in [0.2, 0.25) is 23.6 Å². The SMILES string of the molecule is CC(=O)O.CC(=O)O.CC(C)=O.CC(C)=O.Nc1ncnc2c1ncn2[C@@H]1O[C@H](CO[P+](=O)S)C(O)[C@@H]1F.Nc1ncnc2c1ncn2[C@@H]1O[C@H](CO[P+](=S)OP(=O)(O)O)C(O)[C@@H]1F.Nc1ncnc2c1ncn2[C@@H]1O[C@H](CO[P+](=S)OP(=O)(O)OP(=O)(O)O)C(O)[C@@H]1F.O.O.O. The fourth-order valence-electron chi connectivity index (χ4n) is 7.14. The quantitative estimate of drug-likeness (QED) is 0.0379. The Balaban J connectivity index is 0.00000127. The first-order chi connectivity index (χ1) is 43.5. The number of nitrogens with two attached hydrogens (primary N) is 3. The number of carbonyl (C=O) groups excluding carboxylic acids is 2. The van der Waals surface area contributed by atoms with Crippen molar-refractivity contribution in [3.05, 3.63) is 38.0 Å². The number of aliphatic carboxylic acids is 2. The number of nitrogens with zero attached hydrogens (tertiary/aromatic N) is 12. The molecule has 0 aliphatic carbocycles. The van der Waals surface area contributed by atoms with Crippen LogP contribution < -0.4 is 17.2 Å². The van der Waals surface area contributed by atoms with Crippen molar-refractivity contribution >= 4 is 155 Å². The van der Waals surface area contributed by atoms with Gasteiger partial charge in [-0.25, -0.2) is 71.7 Å². The van der Waals surface area contributed by atoms with E-state index in [4.69, 9.17) is 84.4 Å². The molecule has 16 atom stereocenters. The summed E-state index contributed by atoms with van der Waals surface area (Å²) in [6.45, 7) is 7.02. The van der Waals surface area contributed by atoms with E-state index in [9.17, 15) is 61.2 Å². The van der Waals surface area contributed by atoms with Crippen molar-refractivity contribution in [2.45, 2.75) is 115 Å². The number of fused-ring (bicyclic) bond motifs is 3. The Morgan fingerprint density at radius 2 is 0.794 bits per heavy atom. The molecule has 546 valence electrons. The molecule has 97 heavy (non-hydrogen) atoms. The Morgan fingerprint density at radius 3 is 1.04 bits per heavy atom. The second-order valence-electron chi connectivity index (χ2n) is 18.4. The lowest BCUT2D eigenvalue weighted by Gasteiger charge is -2.14. The van der Waals surface area contributed by atoms with E-state index in [1.807, 2.05) is 0 Å². The van der Waals surface area contributed by atoms with Gasteiger partial charge in [0.1, 0.15) is 116 Å². The van der Waals surface area contributed by atoms with E-state index >= 15 is 0 Å². The Bertz CT molecular complexity index is 3720. The third-order valence-corrected chi connectivity index (χ3v) is 18.1. The van der Waals surface area contributed by atoms with Gasteiger partial charge in [-0.3, -0.25) is 28.2 Å². The lowest BCUT2D eigenvalue weighted by Crippen LogP contribution is -2.31. The summed E-state index contributed by atoms with van der Waals surface area (Å²) in [5.41, 5.74) is 18.4. The van der Waals surface area contributed by atoms with E-state index in [-0.39, 0.29) is 80.0 Å². The lowest BCUT2D eigenvalue weighted by atomic mass is 10.1. The van der Waals surface area contributed by atoms with Crippen molar-refractivity contribution in [3.63, 3.8) is 0 Å². The summed E-state index contributed by atoms with van der Waals surface area (Å²) < 4.78 is 134. The van der Waals surface area contributed by atoms with Gasteiger partial charge in [0, 0.05) is 13.8 Å². The Kier molecular flexibility index (Phi) is 39.0. The number of carbonyl (C=O) groups is 4. The molecule has 9 heterocycles. The number of hydrogen-bond acceptors (Lipinski definition) is 34. The van der Waals surface area contributed by atoms with Crippen LogP contribution in [0.2, 0.25) is 0 Å². The molecule has 3 fully saturated rings. The van der Waals surface area contributed by atoms with Gasteiger partial charge in [-0.15, -0.1) is 13.6 Å². The number of aliphatic hydroxyl groups is 3. The van der Waals surface area contributed by atoms with E-state index in [2.05, 4.69) is 93.7 Å². The van der Waals surface area contributed by atoms with Crippen molar-refractivity contribution in [2.24, 2.45) is 0 Å². The third kappa shape index (κ3) is 29.7. The van der Waals surface area contributed by atoms with Crippen LogP contribution in [-0.4, -0.2) is 223 Å². The minimum atomic E-state index is -5.33. The average Bonchev–Trinajstić information content (AvgIpc) is 1.64. The molecule has 9 rings (SSSR count). The number of alkyl halides is 3. The molecular formula is C40H65F3N15O30P6S3+3. The third-order valence-electron chi connectivity index (χ3n) is 10.5. The van der Waals surface area contributed by atoms with Gasteiger partial charge in [-0.2, -0.15) is 4.31 Å². The van der Waals surface area contributed by atoms with E-state index in [0.717, 1.165) is 20.2 Å². The summed E-state index contributed by atoms with van der Waals surface area (Å²) >= 11 is 12.8. The van der Waals surface area contributed by atoms with Crippen molar-refractivity contribution in [3.8, 4) is 0 Å². The zero-order valence-electron chi connectivity index (χ0n) is 50.1. The van der Waals surface area contributed by atoms with Crippen molar-refractivity contribution < 1.29 is 158 Å². The monoisotopic (exact) mass is 1570 g/mol. The zero-order chi connectivity index (χ0) is 71.5. The number of imidazole rings is 3. The van der Waals surface area contributed by atoms with E-state index in [1.165, 1.54) is 73.0 Å². The number of carboxylic acids is 2. The highest BCUT2D eigenvalue weighted by Gasteiger charge is 2.50. The number of anilines is 3. The van der Waals surface area contributed by atoms with Gasteiger partial charge >= 0.3 is 45.0 Å². The molecule has 7 unspecified atom stereocenters. The number of hydrogen-bond donors (Lipinski definition) is 14. The van der Waals surface area contributed by atoms with Crippen LogP contribution in [-0.2, 0) is 102 Å². The first kappa shape index (κ1) is 91.5. The molecule has 57 heteroatoms. The Morgan fingerprint density at radius 1 is 0.536 bits per heavy atom. The number of Topliss-reactive ketones (excluding diaryl/α,β-unsaturated/α-hetero) is 2. The summed E-state index contributed by atoms with van der Waals surface area (Å²) in [5, 5.41) is 44.8. The molecule has 45 nitrogen and oxygen atoms in total. The largest absolute Gasteiger partial charge is 0.582 e. The highest BCUT2D eigenvalue weighted by molar-refractivity contribution is 8.39. The number of rotatable bonds is 18. The van der Waals surface area contributed by atoms with Crippen LogP contribution >= 0.6 is 57.2 Å². The van der Waals surface area contributed by atoms with Crippen LogP contribution in [0.4, 0.5) is 30.6 Å². The maximum absolute atomic E-state index is 14.6. The van der Waals surface area contributed by atoms with Gasteiger partial charge in [-0.05, 0) is 40.9 Å². The summed E-state index contributed by atoms with van der Waals surface area (Å²) in [6.07, 6.45) is -10.1. The number of ketones is 2. The van der Waals surface area contributed by atoms with E-state index < -0.39 is 144 Å². The predicted molar refractivity (Wildman–Crippen MR) is 334 cm³/mol. The topological polar surface area (TPSA) is 725 Å². The molecule has 0 spiro atoms. The molecule has 3 saturated heterocycles. The second-order valence-corrected chi connectivity index (χ2v) is 28.1. The maximum Gasteiger partial charge on any atom is 0.582 e. The van der Waals surface area contributed by atoms with Gasteiger partial charge in [0.15, 0.2) is 71.6 Å². The van der Waals surface area contributed by atoms with E-state index in [0.29, 0.717) is 5.52 Å². The van der Waals surface area contributed by atoms with Crippen LogP contribution in [0.15, 0.2) is 38.0 Å². The molecule has 3 aliphatic rings.